The Hall–Kier alpha value is -1.97. The van der Waals surface area contributed by atoms with Crippen molar-refractivity contribution in [2.75, 3.05) is 29.5 Å². The zero-order valence-electron chi connectivity index (χ0n) is 23.9. The van der Waals surface area contributed by atoms with E-state index in [1.807, 2.05) is 24.3 Å². The van der Waals surface area contributed by atoms with E-state index in [-0.39, 0.29) is 22.2 Å². The maximum atomic E-state index is 14.7. The lowest BCUT2D eigenvalue weighted by Crippen LogP contribution is -2.60. The largest absolute Gasteiger partial charge is 0.367 e. The monoisotopic (exact) mass is 603 g/mol. The third kappa shape index (κ3) is 6.37. The van der Waals surface area contributed by atoms with E-state index in [1.165, 1.54) is 25.5 Å². The fourth-order valence-electron chi connectivity index (χ4n) is 8.64. The van der Waals surface area contributed by atoms with E-state index >= 15 is 0 Å². The van der Waals surface area contributed by atoms with Gasteiger partial charge in [-0.15, -0.1) is 0 Å². The van der Waals surface area contributed by atoms with Gasteiger partial charge in [0.15, 0.2) is 21.5 Å². The summed E-state index contributed by atoms with van der Waals surface area (Å²) >= 11 is 6.26. The Balaban J connectivity index is 1.03. The maximum absolute atomic E-state index is 14.7. The summed E-state index contributed by atoms with van der Waals surface area (Å²) in [6, 6.07) is 8.15. The van der Waals surface area contributed by atoms with Crippen LogP contribution in [0.25, 0.3) is 0 Å². The van der Waals surface area contributed by atoms with Gasteiger partial charge >= 0.3 is 0 Å². The predicted molar refractivity (Wildman–Crippen MR) is 162 cm³/mol. The average molecular weight is 604 g/mol. The second-order valence-corrected chi connectivity index (χ2v) is 16.2. The van der Waals surface area contributed by atoms with Crippen LogP contribution in [0, 0.1) is 34.9 Å². The molecule has 2 aromatic rings. The summed E-state index contributed by atoms with van der Waals surface area (Å²) < 4.78 is 39.3. The zero-order valence-corrected chi connectivity index (χ0v) is 25.5. The first kappa shape index (κ1) is 29.1. The molecule has 5 aliphatic carbocycles. The van der Waals surface area contributed by atoms with Crippen molar-refractivity contribution in [1.82, 2.24) is 15.3 Å². The number of hydrogen-bond donors (Lipinski definition) is 3. The summed E-state index contributed by atoms with van der Waals surface area (Å²) in [4.78, 5) is 8.58. The highest BCUT2D eigenvalue weighted by Crippen LogP contribution is 2.60. The number of rotatable bonds is 11. The van der Waals surface area contributed by atoms with E-state index < -0.39 is 15.7 Å². The minimum absolute atomic E-state index is 0.133. The number of sulfone groups is 1. The Morgan fingerprint density at radius 1 is 1.05 bits per heavy atom. The van der Waals surface area contributed by atoms with Crippen molar-refractivity contribution in [3.8, 4) is 0 Å². The fraction of sp³-hybridized carbons (Fsp3) is 0.677. The molecule has 5 fully saturated rings. The topological polar surface area (TPSA) is 96.0 Å². The van der Waals surface area contributed by atoms with Crippen molar-refractivity contribution in [2.24, 2.45) is 29.1 Å². The molecular weight excluding hydrogens is 561 g/mol. The molecule has 3 N–H and O–H groups in total. The Morgan fingerprint density at radius 3 is 2.49 bits per heavy atom. The average Bonchev–Trinajstić information content (AvgIpc) is 2.96. The SMILES string of the molecule is CCS(=O)(=O)C1CCC(CNC2[C@@H]3CC4C[C@H]2CC(CNc2nc(NCc5ccccc5Cl)ncc2F)(C4)C3)CC1. The van der Waals surface area contributed by atoms with Crippen molar-refractivity contribution in [1.29, 1.82) is 0 Å². The highest BCUT2D eigenvalue weighted by atomic mass is 35.5. The summed E-state index contributed by atoms with van der Waals surface area (Å²) in [5.41, 5.74) is 1.12. The van der Waals surface area contributed by atoms with E-state index in [4.69, 9.17) is 11.6 Å². The number of anilines is 2. The van der Waals surface area contributed by atoms with Crippen LogP contribution in [0.4, 0.5) is 16.2 Å². The van der Waals surface area contributed by atoms with E-state index in [2.05, 4.69) is 25.9 Å². The van der Waals surface area contributed by atoms with Gasteiger partial charge in [-0.3, -0.25) is 0 Å². The lowest BCUT2D eigenvalue weighted by Gasteiger charge is -2.60. The molecule has 1 aromatic carbocycles. The Kier molecular flexibility index (Phi) is 8.49. The number of aromatic nitrogens is 2. The molecule has 41 heavy (non-hydrogen) atoms. The van der Waals surface area contributed by atoms with Crippen LogP contribution in [0.15, 0.2) is 30.5 Å². The van der Waals surface area contributed by atoms with Crippen LogP contribution < -0.4 is 16.0 Å². The van der Waals surface area contributed by atoms with Gasteiger partial charge in [-0.25, -0.2) is 17.8 Å². The molecule has 1 heterocycles. The Morgan fingerprint density at radius 2 is 1.78 bits per heavy atom. The summed E-state index contributed by atoms with van der Waals surface area (Å²) in [5.74, 6) is 3.11. The first-order valence-electron chi connectivity index (χ1n) is 15.4. The summed E-state index contributed by atoms with van der Waals surface area (Å²) in [6.07, 6.45) is 11.0. The lowest BCUT2D eigenvalue weighted by atomic mass is 9.48. The zero-order chi connectivity index (χ0) is 28.6. The van der Waals surface area contributed by atoms with Gasteiger partial charge < -0.3 is 16.0 Å². The summed E-state index contributed by atoms with van der Waals surface area (Å²) in [6.45, 7) is 3.97. The summed E-state index contributed by atoms with van der Waals surface area (Å²) in [5, 5.41) is 11.1. The molecule has 0 spiro atoms. The van der Waals surface area contributed by atoms with E-state index in [0.717, 1.165) is 63.1 Å². The van der Waals surface area contributed by atoms with Crippen molar-refractivity contribution in [2.45, 2.75) is 82.5 Å². The minimum atomic E-state index is -2.91. The highest BCUT2D eigenvalue weighted by Gasteiger charge is 2.55. The van der Waals surface area contributed by atoms with Crippen LogP contribution >= 0.6 is 11.6 Å². The molecule has 5 atom stereocenters. The quantitative estimate of drug-likeness (QED) is 0.287. The molecule has 0 radical (unpaired) electrons. The van der Waals surface area contributed by atoms with Gasteiger partial charge in [0.25, 0.3) is 0 Å². The predicted octanol–water partition coefficient (Wildman–Crippen LogP) is 6.07. The number of benzene rings is 1. The van der Waals surface area contributed by atoms with Gasteiger partial charge in [0, 0.05) is 29.9 Å². The molecule has 10 heteroatoms. The number of nitrogens with zero attached hydrogens (tertiary/aromatic N) is 2. The van der Waals surface area contributed by atoms with Gasteiger partial charge in [-0.2, -0.15) is 4.98 Å². The van der Waals surface area contributed by atoms with E-state index in [0.29, 0.717) is 41.3 Å². The molecule has 5 saturated carbocycles. The molecule has 1 aromatic heterocycles. The third-order valence-electron chi connectivity index (χ3n) is 10.5. The number of hydrogen-bond acceptors (Lipinski definition) is 7. The van der Waals surface area contributed by atoms with Crippen LogP contribution in [0.3, 0.4) is 0 Å². The van der Waals surface area contributed by atoms with Crippen LogP contribution in [-0.4, -0.2) is 48.5 Å². The van der Waals surface area contributed by atoms with Crippen LogP contribution in [0.5, 0.6) is 0 Å². The van der Waals surface area contributed by atoms with Crippen LogP contribution in [0.1, 0.15) is 70.3 Å². The fourth-order valence-corrected chi connectivity index (χ4v) is 10.3. The molecule has 0 saturated heterocycles. The third-order valence-corrected chi connectivity index (χ3v) is 13.2. The second kappa shape index (κ2) is 12.0. The normalized spacial score (nSPS) is 32.7. The minimum Gasteiger partial charge on any atom is -0.367 e. The second-order valence-electron chi connectivity index (χ2n) is 13.2. The van der Waals surface area contributed by atoms with Crippen LogP contribution in [-0.2, 0) is 16.4 Å². The molecule has 5 aliphatic rings. The van der Waals surface area contributed by atoms with Gasteiger partial charge in [0.1, 0.15) is 0 Å². The lowest BCUT2D eigenvalue weighted by molar-refractivity contribution is -0.0702. The van der Waals surface area contributed by atoms with Gasteiger partial charge in [-0.05, 0) is 105 Å². The van der Waals surface area contributed by atoms with E-state index in [1.54, 1.807) is 6.92 Å². The van der Waals surface area contributed by atoms with Gasteiger partial charge in [0.05, 0.1) is 11.4 Å². The molecule has 4 bridgehead atoms. The molecular formula is C31H43ClFN5O2S. The number of nitrogens with one attached hydrogen (secondary N) is 3. The summed E-state index contributed by atoms with van der Waals surface area (Å²) in [7, 11) is -2.91. The Bertz CT molecular complexity index is 1320. The smallest absolute Gasteiger partial charge is 0.225 e. The maximum Gasteiger partial charge on any atom is 0.225 e. The molecule has 0 amide bonds. The number of halogens is 2. The molecule has 224 valence electrons. The molecule has 7 rings (SSSR count). The van der Waals surface area contributed by atoms with Crippen molar-refractivity contribution < 1.29 is 12.8 Å². The van der Waals surface area contributed by atoms with Crippen molar-refractivity contribution >= 4 is 33.2 Å². The molecule has 3 unspecified atom stereocenters. The Labute approximate surface area is 248 Å². The molecule has 7 nitrogen and oxygen atoms in total. The molecule has 0 aliphatic heterocycles. The highest BCUT2D eigenvalue weighted by molar-refractivity contribution is 7.92. The van der Waals surface area contributed by atoms with Gasteiger partial charge in [-0.1, -0.05) is 36.7 Å². The first-order valence-corrected chi connectivity index (χ1v) is 17.5. The van der Waals surface area contributed by atoms with Crippen molar-refractivity contribution in [3.05, 3.63) is 46.9 Å². The first-order chi connectivity index (χ1) is 19.7. The van der Waals surface area contributed by atoms with Crippen LogP contribution in [0.2, 0.25) is 5.02 Å². The van der Waals surface area contributed by atoms with Gasteiger partial charge in [0.2, 0.25) is 5.95 Å². The van der Waals surface area contributed by atoms with Crippen molar-refractivity contribution in [3.63, 3.8) is 0 Å². The van der Waals surface area contributed by atoms with E-state index in [9.17, 15) is 12.8 Å². The standard InChI is InChI=1S/C31H43ClFN5O2S/c1-2-41(39,40)25-9-7-20(8-10-25)16-34-28-23-11-21-12-24(28)15-31(13-21,14-23)19-37-29-27(33)18-36-30(38-29)35-17-22-5-3-4-6-26(22)32/h3-6,18,20-21,23-25,28,34H,2,7-17,19H2,1H3,(H2,35,36,37,38)/t20?,21?,23-,24+,25?,28?,31?.